The highest BCUT2D eigenvalue weighted by Crippen LogP contribution is 2.21. The maximum atomic E-state index is 11.2. The molecular formula is C24H22F6N8O4. The summed E-state index contributed by atoms with van der Waals surface area (Å²) < 4.78 is 72.9. The number of ether oxygens (including phenoxy) is 1. The quantitative estimate of drug-likeness (QED) is 0.204. The summed E-state index contributed by atoms with van der Waals surface area (Å²) in [5, 5.41) is 17.3. The Morgan fingerprint density at radius 1 is 0.833 bits per heavy atom. The number of hydrogen-bond acceptors (Lipinski definition) is 9. The molecule has 0 aromatic carbocycles. The van der Waals surface area contributed by atoms with E-state index >= 15 is 0 Å². The molecule has 0 aliphatic rings. The molecule has 0 bridgehead atoms. The number of alkyl halides is 6. The molecule has 42 heavy (non-hydrogen) atoms. The van der Waals surface area contributed by atoms with Crippen molar-refractivity contribution in [1.29, 1.82) is 5.26 Å². The van der Waals surface area contributed by atoms with Crippen molar-refractivity contribution in [3.63, 3.8) is 0 Å². The van der Waals surface area contributed by atoms with Gasteiger partial charge in [0.2, 0.25) is 0 Å². The molecule has 0 aliphatic heterocycles. The van der Waals surface area contributed by atoms with E-state index in [1.54, 1.807) is 21.4 Å². The maximum Gasteiger partial charge on any atom is 0.491 e. The molecule has 0 aliphatic carbocycles. The summed E-state index contributed by atoms with van der Waals surface area (Å²) in [6.45, 7) is 4.20. The van der Waals surface area contributed by atoms with Crippen LogP contribution in [0.1, 0.15) is 54.3 Å². The summed E-state index contributed by atoms with van der Waals surface area (Å²) in [6.07, 6.45) is -4.07. The van der Waals surface area contributed by atoms with Gasteiger partial charge in [-0.2, -0.15) is 41.8 Å². The monoisotopic (exact) mass is 600 g/mol. The van der Waals surface area contributed by atoms with Crippen LogP contribution >= 0.6 is 0 Å². The van der Waals surface area contributed by atoms with Crippen molar-refractivity contribution in [3.8, 4) is 6.07 Å². The second kappa shape index (κ2) is 14.0. The zero-order valence-corrected chi connectivity index (χ0v) is 21.9. The van der Waals surface area contributed by atoms with E-state index in [1.807, 2.05) is 30.3 Å². The molecule has 1 amide bonds. The number of nitriles is 1. The molecule has 224 valence electrons. The molecule has 4 aromatic heterocycles. The van der Waals surface area contributed by atoms with Gasteiger partial charge in [0, 0.05) is 0 Å². The van der Waals surface area contributed by atoms with Crippen LogP contribution < -0.4 is 5.73 Å². The van der Waals surface area contributed by atoms with Crippen LogP contribution in [0.15, 0.2) is 36.7 Å². The Kier molecular flexibility index (Phi) is 11.0. The SMILES string of the molecule is CCCc1ccc2nc(C#N)cn2n1.CCCc1ccc2nc(C(N)=O)cn2n1.O=C(OC(=O)C(F)(F)F)C(F)(F)F. The Balaban J connectivity index is 0.000000221. The highest BCUT2D eigenvalue weighted by molar-refractivity contribution is 5.91. The molecule has 0 fully saturated rings. The van der Waals surface area contributed by atoms with Gasteiger partial charge < -0.3 is 10.5 Å². The first-order valence-electron chi connectivity index (χ1n) is 11.9. The van der Waals surface area contributed by atoms with E-state index in [4.69, 9.17) is 11.0 Å². The molecule has 0 atom stereocenters. The normalized spacial score (nSPS) is 11.1. The highest BCUT2D eigenvalue weighted by atomic mass is 19.4. The minimum Gasteiger partial charge on any atom is -0.380 e. The second-order valence-electron chi connectivity index (χ2n) is 8.16. The number of hydrogen-bond donors (Lipinski definition) is 1. The van der Waals surface area contributed by atoms with E-state index in [0.29, 0.717) is 11.3 Å². The highest BCUT2D eigenvalue weighted by Gasteiger charge is 2.49. The third-order valence-corrected chi connectivity index (χ3v) is 4.78. The molecule has 2 N–H and O–H groups in total. The van der Waals surface area contributed by atoms with E-state index in [0.717, 1.165) is 42.7 Å². The second-order valence-corrected chi connectivity index (χ2v) is 8.16. The van der Waals surface area contributed by atoms with Crippen molar-refractivity contribution >= 4 is 29.1 Å². The van der Waals surface area contributed by atoms with Gasteiger partial charge in [0.05, 0.1) is 23.8 Å². The lowest BCUT2D eigenvalue weighted by molar-refractivity contribution is -0.221. The van der Waals surface area contributed by atoms with Crippen molar-refractivity contribution in [1.82, 2.24) is 29.2 Å². The summed E-state index contributed by atoms with van der Waals surface area (Å²) in [5.74, 6) is -6.93. The van der Waals surface area contributed by atoms with Gasteiger partial charge in [-0.05, 0) is 37.1 Å². The van der Waals surface area contributed by atoms with E-state index in [1.165, 1.54) is 0 Å². The van der Waals surface area contributed by atoms with Crippen LogP contribution in [0.5, 0.6) is 0 Å². The van der Waals surface area contributed by atoms with Crippen LogP contribution in [0.25, 0.3) is 11.3 Å². The smallest absolute Gasteiger partial charge is 0.380 e. The molecule has 4 aromatic rings. The lowest BCUT2D eigenvalue weighted by atomic mass is 10.2. The Bertz CT molecular complexity index is 1580. The third kappa shape index (κ3) is 9.53. The fourth-order valence-electron chi connectivity index (χ4n) is 2.99. The van der Waals surface area contributed by atoms with E-state index in [2.05, 4.69) is 38.7 Å². The Morgan fingerprint density at radius 3 is 1.69 bits per heavy atom. The van der Waals surface area contributed by atoms with Crippen LogP contribution in [0, 0.1) is 11.3 Å². The van der Waals surface area contributed by atoms with Crippen LogP contribution in [0.3, 0.4) is 0 Å². The van der Waals surface area contributed by atoms with E-state index in [-0.39, 0.29) is 5.69 Å². The number of carbonyl (C=O) groups is 3. The predicted octanol–water partition coefficient (Wildman–Crippen LogP) is 3.51. The van der Waals surface area contributed by atoms with Crippen molar-refractivity contribution < 1.29 is 45.5 Å². The number of rotatable bonds is 5. The van der Waals surface area contributed by atoms with Gasteiger partial charge in [-0.25, -0.2) is 28.6 Å². The lowest BCUT2D eigenvalue weighted by Crippen LogP contribution is -2.34. The number of nitrogens with zero attached hydrogens (tertiary/aromatic N) is 7. The predicted molar refractivity (Wildman–Crippen MR) is 130 cm³/mol. The summed E-state index contributed by atoms with van der Waals surface area (Å²) in [5.41, 5.74) is 9.17. The molecule has 0 saturated heterocycles. The standard InChI is InChI=1S/C10H12N4O.C10H10N4.C4F6O3/c1-2-3-7-4-5-9-12-8(10(11)15)6-14(9)13-7;1-2-3-8-4-5-10-12-9(6-11)7-14(10)13-8;5-3(6,7)1(11)13-2(12)4(8,9)10/h4-6H,2-3H2,1H3,(H2,11,15);4-5,7H,2-3H2,1H3;. The molecule has 4 heterocycles. The topological polar surface area (TPSA) is 171 Å². The number of imidazole rings is 2. The Labute approximate surface area is 232 Å². The van der Waals surface area contributed by atoms with Gasteiger partial charge in [-0.3, -0.25) is 4.79 Å². The van der Waals surface area contributed by atoms with Gasteiger partial charge in [0.25, 0.3) is 5.91 Å². The minimum absolute atomic E-state index is 0.246. The third-order valence-electron chi connectivity index (χ3n) is 4.78. The average molecular weight is 600 g/mol. The lowest BCUT2D eigenvalue weighted by Gasteiger charge is -2.06. The molecule has 0 saturated carbocycles. The molecule has 0 radical (unpaired) electrons. The first kappa shape index (κ1) is 33.1. The number of esters is 2. The summed E-state index contributed by atoms with van der Waals surface area (Å²) in [4.78, 5) is 38.3. The number of nitrogens with two attached hydrogens (primary N) is 1. The maximum absolute atomic E-state index is 11.2. The van der Waals surface area contributed by atoms with Crippen molar-refractivity contribution in [2.24, 2.45) is 5.73 Å². The summed E-state index contributed by atoms with van der Waals surface area (Å²) in [7, 11) is 0. The molecule has 0 unspecified atom stereocenters. The summed E-state index contributed by atoms with van der Waals surface area (Å²) >= 11 is 0. The molecule has 18 heteroatoms. The fourth-order valence-corrected chi connectivity index (χ4v) is 2.99. The van der Waals surface area contributed by atoms with Gasteiger partial charge in [0.15, 0.2) is 17.0 Å². The van der Waals surface area contributed by atoms with Crippen molar-refractivity contribution in [3.05, 3.63) is 59.4 Å². The number of carbonyl (C=O) groups excluding carboxylic acids is 3. The Hall–Kier alpha value is -5.08. The number of amides is 1. The number of primary amides is 1. The number of aromatic nitrogens is 6. The van der Waals surface area contributed by atoms with Gasteiger partial charge in [0.1, 0.15) is 11.8 Å². The van der Waals surface area contributed by atoms with Crippen molar-refractivity contribution in [2.75, 3.05) is 0 Å². The van der Waals surface area contributed by atoms with Gasteiger partial charge in [-0.15, -0.1) is 0 Å². The van der Waals surface area contributed by atoms with Crippen molar-refractivity contribution in [2.45, 2.75) is 51.9 Å². The zero-order chi connectivity index (χ0) is 31.7. The number of aryl methyl sites for hydroxylation is 2. The molecule has 0 spiro atoms. The van der Waals surface area contributed by atoms with Gasteiger partial charge in [-0.1, -0.05) is 26.7 Å². The molecular weight excluding hydrogens is 578 g/mol. The largest absolute Gasteiger partial charge is 0.491 e. The zero-order valence-electron chi connectivity index (χ0n) is 21.9. The fraction of sp³-hybridized carbons (Fsp3) is 0.333. The van der Waals surface area contributed by atoms with Gasteiger partial charge >= 0.3 is 24.3 Å². The van der Waals surface area contributed by atoms with Crippen LogP contribution in [-0.4, -0.2) is 59.4 Å². The summed E-state index contributed by atoms with van der Waals surface area (Å²) in [6, 6.07) is 9.59. The minimum atomic E-state index is -5.62. The molecule has 12 nitrogen and oxygen atoms in total. The Morgan fingerprint density at radius 2 is 1.29 bits per heavy atom. The van der Waals surface area contributed by atoms with Crippen LogP contribution in [-0.2, 0) is 27.2 Å². The number of fused-ring (bicyclic) bond motifs is 2. The first-order chi connectivity index (χ1) is 19.6. The van der Waals surface area contributed by atoms with E-state index in [9.17, 15) is 40.7 Å². The molecule has 4 rings (SSSR count). The van der Waals surface area contributed by atoms with E-state index < -0.39 is 30.2 Å². The van der Waals surface area contributed by atoms with Crippen LogP contribution in [0.4, 0.5) is 26.3 Å². The first-order valence-corrected chi connectivity index (χ1v) is 11.9. The number of halogens is 6. The average Bonchev–Trinajstić information content (AvgIpc) is 3.52. The van der Waals surface area contributed by atoms with Crippen LogP contribution in [0.2, 0.25) is 0 Å².